The van der Waals surface area contributed by atoms with E-state index in [0.29, 0.717) is 47.3 Å². The van der Waals surface area contributed by atoms with Crippen LogP contribution in [0.15, 0.2) is 22.2 Å². The summed E-state index contributed by atoms with van der Waals surface area (Å²) in [6, 6.07) is 2.84. The molecule has 6 nitrogen and oxygen atoms in total. The van der Waals surface area contributed by atoms with Crippen LogP contribution >= 0.6 is 23.4 Å². The number of nitrogens with one attached hydrogen (secondary N) is 2. The number of halogens is 1. The maximum Gasteiger partial charge on any atom is 0.237 e. The number of piperidine rings is 1. The van der Waals surface area contributed by atoms with Crippen molar-refractivity contribution in [3.8, 4) is 6.07 Å². The van der Waals surface area contributed by atoms with Crippen LogP contribution in [-0.4, -0.2) is 36.8 Å². The van der Waals surface area contributed by atoms with E-state index < -0.39 is 0 Å². The molecule has 5 unspecified atom stereocenters. The minimum atomic E-state index is -0.223. The molecule has 1 saturated heterocycles. The third kappa shape index (κ3) is 5.95. The number of allylic oxidation sites excluding steroid dienone is 1. The van der Waals surface area contributed by atoms with E-state index >= 15 is 0 Å². The molecule has 2 N–H and O–H groups in total. The third-order valence-electron chi connectivity index (χ3n) is 6.95. The summed E-state index contributed by atoms with van der Waals surface area (Å²) in [5.41, 5.74) is 0.718. The van der Waals surface area contributed by atoms with Gasteiger partial charge in [-0.2, -0.15) is 5.26 Å². The van der Waals surface area contributed by atoms with Gasteiger partial charge in [0.15, 0.2) is 0 Å². The second kappa shape index (κ2) is 11.7. The molecule has 178 valence electrons. The summed E-state index contributed by atoms with van der Waals surface area (Å²) in [6.07, 6.45) is 7.42. The predicted molar refractivity (Wildman–Crippen MR) is 129 cm³/mol. The van der Waals surface area contributed by atoms with Crippen molar-refractivity contribution in [3.63, 3.8) is 0 Å². The first-order valence-corrected chi connectivity index (χ1v) is 13.0. The van der Waals surface area contributed by atoms with Gasteiger partial charge in [-0.15, -0.1) is 11.8 Å². The van der Waals surface area contributed by atoms with Gasteiger partial charge in [0.2, 0.25) is 5.91 Å². The Morgan fingerprint density at radius 1 is 1.19 bits per heavy atom. The van der Waals surface area contributed by atoms with Gasteiger partial charge >= 0.3 is 0 Å². The number of carbonyl (C=O) groups is 1. The Bertz CT molecular complexity index is 788. The van der Waals surface area contributed by atoms with Crippen LogP contribution in [0.4, 0.5) is 0 Å². The molecule has 0 spiro atoms. The van der Waals surface area contributed by atoms with Crippen LogP contribution in [0.5, 0.6) is 0 Å². The summed E-state index contributed by atoms with van der Waals surface area (Å²) in [7, 11) is 3.19. The van der Waals surface area contributed by atoms with Gasteiger partial charge in [-0.1, -0.05) is 37.8 Å². The van der Waals surface area contributed by atoms with E-state index in [9.17, 15) is 10.1 Å². The molecule has 32 heavy (non-hydrogen) atoms. The molecule has 0 radical (unpaired) electrons. The highest BCUT2D eigenvalue weighted by molar-refractivity contribution is 8.01. The lowest BCUT2D eigenvalue weighted by Gasteiger charge is -2.40. The zero-order chi connectivity index (χ0) is 23.3. The summed E-state index contributed by atoms with van der Waals surface area (Å²) >= 11 is 7.96. The Morgan fingerprint density at radius 3 is 2.50 bits per heavy atom. The maximum atomic E-state index is 13.7. The predicted octanol–water partition coefficient (Wildman–Crippen LogP) is 5.02. The summed E-state index contributed by atoms with van der Waals surface area (Å²) in [5.74, 6) is 1.82. The number of methoxy groups -OCH3 is 2. The number of hydrogen-bond acceptors (Lipinski definition) is 6. The van der Waals surface area contributed by atoms with Crippen molar-refractivity contribution in [2.24, 2.45) is 17.8 Å². The van der Waals surface area contributed by atoms with Crippen molar-refractivity contribution >= 4 is 29.3 Å². The Labute approximate surface area is 201 Å². The van der Waals surface area contributed by atoms with Crippen LogP contribution in [0.2, 0.25) is 0 Å². The molecule has 2 aliphatic carbocycles. The number of thioether (sulfide) groups is 1. The van der Waals surface area contributed by atoms with Crippen molar-refractivity contribution in [2.75, 3.05) is 14.2 Å². The van der Waals surface area contributed by atoms with Crippen molar-refractivity contribution in [1.29, 1.82) is 5.26 Å². The zero-order valence-electron chi connectivity index (χ0n) is 19.6. The smallest absolute Gasteiger partial charge is 0.237 e. The second-order valence-corrected chi connectivity index (χ2v) is 11.0. The first kappa shape index (κ1) is 25.3. The highest BCUT2D eigenvalue weighted by atomic mass is 35.5. The first-order chi connectivity index (χ1) is 15.4. The molecule has 8 heteroatoms. The van der Waals surface area contributed by atoms with Crippen LogP contribution in [-0.2, 0) is 14.3 Å². The van der Waals surface area contributed by atoms with E-state index in [1.807, 2.05) is 0 Å². The lowest BCUT2D eigenvalue weighted by molar-refractivity contribution is -0.121. The monoisotopic (exact) mass is 481 g/mol. The van der Waals surface area contributed by atoms with Crippen LogP contribution < -0.4 is 10.6 Å². The standard InChI is InChI=1S/C24H36ClN3O3S/c1-14-10-15(2)27-24(17(14)13-26)32-22(16-8-6-5-7-9-16)23(29)28-19-12-20(30-3)18(25)11-21(19)31-4/h14-17,22,24,27H,5-12H2,1-4H3,(H,28,29). The van der Waals surface area contributed by atoms with E-state index in [-0.39, 0.29) is 22.4 Å². The molecular formula is C24H36ClN3O3S. The van der Waals surface area contributed by atoms with Gasteiger partial charge in [0, 0.05) is 18.9 Å². The Morgan fingerprint density at radius 2 is 1.88 bits per heavy atom. The van der Waals surface area contributed by atoms with E-state index in [2.05, 4.69) is 30.6 Å². The molecule has 0 aromatic rings. The van der Waals surface area contributed by atoms with Gasteiger partial charge in [0.1, 0.15) is 11.5 Å². The number of nitriles is 1. The third-order valence-corrected chi connectivity index (χ3v) is 8.91. The van der Waals surface area contributed by atoms with Gasteiger partial charge in [0.05, 0.1) is 47.6 Å². The number of amides is 1. The van der Waals surface area contributed by atoms with Gasteiger partial charge in [0.25, 0.3) is 0 Å². The lowest BCUT2D eigenvalue weighted by Crippen LogP contribution is -2.50. The van der Waals surface area contributed by atoms with Crippen LogP contribution in [0.25, 0.3) is 0 Å². The SMILES string of the molecule is COC1=C(Cl)CC(OC)=C(NC(=O)C(SC2NC(C)CC(C)C2C#N)C2CCCCC2)C1. The molecule has 0 aromatic carbocycles. The molecule has 2 fully saturated rings. The van der Waals surface area contributed by atoms with Crippen molar-refractivity contribution in [2.45, 2.75) is 81.9 Å². The minimum absolute atomic E-state index is 0.00991. The molecule has 5 atom stereocenters. The van der Waals surface area contributed by atoms with Crippen molar-refractivity contribution in [3.05, 3.63) is 22.2 Å². The fraction of sp³-hybridized carbons (Fsp3) is 0.750. The number of hydrogen-bond donors (Lipinski definition) is 2. The van der Waals surface area contributed by atoms with E-state index in [1.54, 1.807) is 26.0 Å². The normalized spacial score (nSPS) is 30.5. The Kier molecular flexibility index (Phi) is 9.22. The Hall–Kier alpha value is -1.36. The highest BCUT2D eigenvalue weighted by Gasteiger charge is 2.40. The highest BCUT2D eigenvalue weighted by Crippen LogP contribution is 2.40. The Balaban J connectivity index is 1.81. The number of nitrogens with zero attached hydrogens (tertiary/aromatic N) is 1. The molecule has 1 heterocycles. The summed E-state index contributed by atoms with van der Waals surface area (Å²) in [4.78, 5) is 13.7. The van der Waals surface area contributed by atoms with Crippen molar-refractivity contribution < 1.29 is 14.3 Å². The zero-order valence-corrected chi connectivity index (χ0v) is 21.2. The maximum absolute atomic E-state index is 13.7. The van der Waals surface area contributed by atoms with Gasteiger partial charge in [-0.05, 0) is 38.0 Å². The van der Waals surface area contributed by atoms with Gasteiger partial charge in [-0.25, -0.2) is 0 Å². The summed E-state index contributed by atoms with van der Waals surface area (Å²) in [6.45, 7) is 4.31. The van der Waals surface area contributed by atoms with Crippen LogP contribution in [0.3, 0.4) is 0 Å². The molecule has 3 rings (SSSR count). The van der Waals surface area contributed by atoms with E-state index in [0.717, 1.165) is 37.8 Å². The molecule has 1 amide bonds. The van der Waals surface area contributed by atoms with Crippen molar-refractivity contribution in [1.82, 2.24) is 10.6 Å². The molecule has 1 saturated carbocycles. The fourth-order valence-electron chi connectivity index (χ4n) is 5.17. The quantitative estimate of drug-likeness (QED) is 0.531. The first-order valence-electron chi connectivity index (χ1n) is 11.7. The lowest BCUT2D eigenvalue weighted by atomic mass is 9.85. The second-order valence-electron chi connectivity index (χ2n) is 9.29. The van der Waals surface area contributed by atoms with Crippen LogP contribution in [0, 0.1) is 29.1 Å². The number of ether oxygens (including phenoxy) is 2. The number of carbonyl (C=O) groups excluding carboxylic acids is 1. The summed E-state index contributed by atoms with van der Waals surface area (Å²) in [5, 5.41) is 16.9. The van der Waals surface area contributed by atoms with E-state index in [1.165, 1.54) is 6.42 Å². The average Bonchev–Trinajstić information content (AvgIpc) is 2.78. The van der Waals surface area contributed by atoms with Gasteiger partial charge in [-0.3, -0.25) is 4.79 Å². The molecule has 3 aliphatic rings. The average molecular weight is 482 g/mol. The van der Waals surface area contributed by atoms with Crippen LogP contribution in [0.1, 0.15) is 65.2 Å². The topological polar surface area (TPSA) is 83.4 Å². The van der Waals surface area contributed by atoms with E-state index in [4.69, 9.17) is 21.1 Å². The fourth-order valence-corrected chi connectivity index (χ4v) is 7.24. The van der Waals surface area contributed by atoms with Gasteiger partial charge < -0.3 is 20.1 Å². The molecule has 0 aromatic heterocycles. The molecule has 1 aliphatic heterocycles. The largest absolute Gasteiger partial charge is 0.499 e. The molecule has 0 bridgehead atoms. The molecular weight excluding hydrogens is 446 g/mol. The summed E-state index contributed by atoms with van der Waals surface area (Å²) < 4.78 is 10.9. The minimum Gasteiger partial charge on any atom is -0.499 e. The number of rotatable bonds is 7.